The van der Waals surface area contributed by atoms with Crippen LogP contribution in [-0.2, 0) is 41.6 Å². The third-order valence-electron chi connectivity index (χ3n) is 9.96. The number of unbranched alkanes of at least 4 members (excludes halogenated alkanes) is 1. The summed E-state index contributed by atoms with van der Waals surface area (Å²) in [6, 6.07) is 12.4. The number of rotatable bonds is 24. The largest absolute Gasteiger partial charge is 0.480 e. The minimum atomic E-state index is -1.20. The molecule has 2 aromatic rings. The van der Waals surface area contributed by atoms with Crippen molar-refractivity contribution in [1.29, 1.82) is 0 Å². The maximum absolute atomic E-state index is 14.1. The van der Waals surface area contributed by atoms with Gasteiger partial charge in [-0.15, -0.1) is 0 Å². The van der Waals surface area contributed by atoms with E-state index in [1.807, 2.05) is 43.3 Å². The standard InChI is InChI=1S/C41H62N10O7/c1-4-5-18-29(42)35(52)48-31(23-27-14-8-6-9-15-27)36(53)50-34(26(2)3)38(55)47-25-46-30(19-12-21-45-41(43)44)39(56)51-22-13-20-33(51)37(54)49-32(40(57)58)24-28-16-10-7-11-17-28/h6-11,14-17,26,29-34,46H,4-5,12-13,18-25,42H2,1-3H3,(H,47,55)(H,48,52)(H,49,54)(H,50,53)(H,57,58)(H4,43,44,45)/t29-,30-,31-,32-,33-,34-/m0/s1. The highest BCUT2D eigenvalue weighted by Crippen LogP contribution is 2.20. The molecule has 0 unspecified atom stereocenters. The van der Waals surface area contributed by atoms with Gasteiger partial charge in [-0.2, -0.15) is 0 Å². The summed E-state index contributed by atoms with van der Waals surface area (Å²) in [5.41, 5.74) is 18.6. The van der Waals surface area contributed by atoms with E-state index < -0.39 is 71.8 Å². The number of carbonyl (C=O) groups is 6. The summed E-state index contributed by atoms with van der Waals surface area (Å²) in [7, 11) is 0. The molecule has 1 heterocycles. The molecular weight excluding hydrogens is 745 g/mol. The number of nitrogens with two attached hydrogens (primary N) is 3. The first-order valence-electron chi connectivity index (χ1n) is 20.1. The van der Waals surface area contributed by atoms with Gasteiger partial charge in [0.25, 0.3) is 0 Å². The summed E-state index contributed by atoms with van der Waals surface area (Å²) < 4.78 is 0. The quantitative estimate of drug-likeness (QED) is 0.0300. The van der Waals surface area contributed by atoms with Crippen LogP contribution in [0.2, 0.25) is 0 Å². The summed E-state index contributed by atoms with van der Waals surface area (Å²) in [5, 5.41) is 23.9. The molecule has 0 bridgehead atoms. The number of hydrogen-bond donors (Lipinski definition) is 9. The van der Waals surface area contributed by atoms with Gasteiger partial charge in [0.1, 0.15) is 24.2 Å². The predicted molar refractivity (Wildman–Crippen MR) is 221 cm³/mol. The fraction of sp³-hybridized carbons (Fsp3) is 0.537. The molecule has 0 saturated carbocycles. The first kappa shape index (κ1) is 46.8. The smallest absolute Gasteiger partial charge is 0.326 e. The van der Waals surface area contributed by atoms with Crippen LogP contribution < -0.4 is 43.8 Å². The maximum atomic E-state index is 14.1. The number of nitrogens with one attached hydrogen (secondary N) is 5. The molecule has 6 atom stereocenters. The number of likely N-dealkylation sites (tertiary alicyclic amines) is 1. The first-order valence-corrected chi connectivity index (χ1v) is 20.1. The van der Waals surface area contributed by atoms with Crippen molar-refractivity contribution in [1.82, 2.24) is 31.5 Å². The summed E-state index contributed by atoms with van der Waals surface area (Å²) in [5.74, 6) is -4.16. The van der Waals surface area contributed by atoms with Crippen LogP contribution in [0.3, 0.4) is 0 Å². The topological polar surface area (TPSA) is 276 Å². The van der Waals surface area contributed by atoms with E-state index in [1.165, 1.54) is 4.90 Å². The second kappa shape index (κ2) is 24.3. The zero-order valence-electron chi connectivity index (χ0n) is 33.8. The number of carboxylic acids is 1. The van der Waals surface area contributed by atoms with Crippen molar-refractivity contribution in [2.75, 3.05) is 19.8 Å². The molecule has 0 aromatic heterocycles. The van der Waals surface area contributed by atoms with E-state index in [0.29, 0.717) is 25.7 Å². The van der Waals surface area contributed by atoms with E-state index in [1.54, 1.807) is 38.1 Å². The molecule has 12 N–H and O–H groups in total. The lowest BCUT2D eigenvalue weighted by Gasteiger charge is -2.30. The van der Waals surface area contributed by atoms with Gasteiger partial charge in [-0.25, -0.2) is 4.79 Å². The Morgan fingerprint density at radius 2 is 1.43 bits per heavy atom. The molecule has 58 heavy (non-hydrogen) atoms. The fourth-order valence-electron chi connectivity index (χ4n) is 6.69. The molecule has 17 nitrogen and oxygen atoms in total. The van der Waals surface area contributed by atoms with Gasteiger partial charge in [-0.3, -0.25) is 34.3 Å². The average Bonchev–Trinajstić information content (AvgIpc) is 3.70. The number of benzene rings is 2. The minimum Gasteiger partial charge on any atom is -0.480 e. The molecule has 0 spiro atoms. The zero-order chi connectivity index (χ0) is 42.6. The van der Waals surface area contributed by atoms with Gasteiger partial charge < -0.3 is 48.5 Å². The number of nitrogens with zero attached hydrogens (tertiary/aromatic N) is 2. The van der Waals surface area contributed by atoms with Gasteiger partial charge in [0, 0.05) is 25.9 Å². The fourth-order valence-corrected chi connectivity index (χ4v) is 6.69. The number of carboxylic acid groups (broad SMARTS) is 1. The summed E-state index contributed by atoms with van der Waals surface area (Å²) in [6.07, 6.45) is 3.85. The Morgan fingerprint density at radius 1 is 0.810 bits per heavy atom. The molecule has 318 valence electrons. The van der Waals surface area contributed by atoms with E-state index in [2.05, 4.69) is 31.6 Å². The Labute approximate surface area is 340 Å². The Hall–Kier alpha value is -5.55. The van der Waals surface area contributed by atoms with Gasteiger partial charge in [0.15, 0.2) is 5.96 Å². The number of aliphatic carboxylic acids is 1. The van der Waals surface area contributed by atoms with Gasteiger partial charge in [0.05, 0.1) is 18.8 Å². The summed E-state index contributed by atoms with van der Waals surface area (Å²) >= 11 is 0. The van der Waals surface area contributed by atoms with Gasteiger partial charge in [-0.1, -0.05) is 94.3 Å². The highest BCUT2D eigenvalue weighted by atomic mass is 16.4. The number of guanidine groups is 1. The molecule has 1 fully saturated rings. The van der Waals surface area contributed by atoms with Crippen LogP contribution in [-0.4, -0.2) is 107 Å². The van der Waals surface area contributed by atoms with Crippen LogP contribution in [0.1, 0.15) is 76.8 Å². The molecule has 1 aliphatic heterocycles. The van der Waals surface area contributed by atoms with Gasteiger partial charge in [0.2, 0.25) is 29.5 Å². The summed E-state index contributed by atoms with van der Waals surface area (Å²) in [4.78, 5) is 85.4. The van der Waals surface area contributed by atoms with Crippen molar-refractivity contribution in [2.45, 2.75) is 115 Å². The molecule has 0 radical (unpaired) electrons. The van der Waals surface area contributed by atoms with E-state index >= 15 is 0 Å². The number of carbonyl (C=O) groups excluding carboxylic acids is 5. The Balaban J connectivity index is 1.70. The van der Waals surface area contributed by atoms with E-state index in [9.17, 15) is 33.9 Å². The maximum Gasteiger partial charge on any atom is 0.326 e. The first-order chi connectivity index (χ1) is 27.7. The van der Waals surface area contributed by atoms with Crippen LogP contribution in [0.5, 0.6) is 0 Å². The SMILES string of the molecule is CCCC[C@H](N)C(=O)N[C@@H](Cc1ccccc1)C(=O)N[C@H](C(=O)NCN[C@@H](CCCN=C(N)N)C(=O)N1CCC[C@H]1C(=O)N[C@@H](Cc1ccccc1)C(=O)O)C(C)C. The third-order valence-corrected chi connectivity index (χ3v) is 9.96. The molecular formula is C41H62N10O7. The van der Waals surface area contributed by atoms with E-state index in [-0.39, 0.29) is 50.9 Å². The molecule has 5 amide bonds. The molecule has 0 aliphatic carbocycles. The Bertz CT molecular complexity index is 1670. The van der Waals surface area contributed by atoms with E-state index in [0.717, 1.165) is 24.0 Å². The van der Waals surface area contributed by atoms with Crippen LogP contribution >= 0.6 is 0 Å². The van der Waals surface area contributed by atoms with Crippen molar-refractivity contribution in [2.24, 2.45) is 28.1 Å². The molecule has 1 aliphatic rings. The zero-order valence-corrected chi connectivity index (χ0v) is 33.8. The van der Waals surface area contributed by atoms with Crippen molar-refractivity contribution >= 4 is 41.5 Å². The van der Waals surface area contributed by atoms with Crippen molar-refractivity contribution in [3.63, 3.8) is 0 Å². The molecule has 2 aromatic carbocycles. The molecule has 1 saturated heterocycles. The number of hydrogen-bond acceptors (Lipinski definition) is 9. The Morgan fingerprint density at radius 3 is 2.00 bits per heavy atom. The third kappa shape index (κ3) is 15.4. The van der Waals surface area contributed by atoms with Crippen molar-refractivity contribution in [3.8, 4) is 0 Å². The predicted octanol–water partition coefficient (Wildman–Crippen LogP) is 0.261. The molecule has 3 rings (SSSR count). The minimum absolute atomic E-state index is 0.0740. The van der Waals surface area contributed by atoms with Crippen molar-refractivity contribution in [3.05, 3.63) is 71.8 Å². The van der Waals surface area contributed by atoms with Crippen molar-refractivity contribution < 1.29 is 33.9 Å². The normalized spacial score (nSPS) is 16.3. The van der Waals surface area contributed by atoms with Crippen LogP contribution in [0.25, 0.3) is 0 Å². The highest BCUT2D eigenvalue weighted by Gasteiger charge is 2.38. The lowest BCUT2D eigenvalue weighted by molar-refractivity contribution is -0.144. The molecule has 17 heteroatoms. The lowest BCUT2D eigenvalue weighted by Crippen LogP contribution is -2.59. The second-order valence-electron chi connectivity index (χ2n) is 14.9. The van der Waals surface area contributed by atoms with E-state index in [4.69, 9.17) is 17.2 Å². The monoisotopic (exact) mass is 806 g/mol. The Kier molecular flexibility index (Phi) is 19.6. The van der Waals surface area contributed by atoms with Crippen LogP contribution in [0, 0.1) is 5.92 Å². The number of amides is 5. The van der Waals surface area contributed by atoms with Gasteiger partial charge >= 0.3 is 5.97 Å². The second-order valence-corrected chi connectivity index (χ2v) is 14.9. The lowest BCUT2D eigenvalue weighted by atomic mass is 10.0. The van der Waals surface area contributed by atoms with Gasteiger partial charge in [-0.05, 0) is 49.1 Å². The van der Waals surface area contributed by atoms with Crippen LogP contribution in [0.4, 0.5) is 0 Å². The highest BCUT2D eigenvalue weighted by molar-refractivity contribution is 5.94. The average molecular weight is 807 g/mol. The number of aliphatic imine (C=N–C) groups is 1. The summed E-state index contributed by atoms with van der Waals surface area (Å²) in [6.45, 7) is 5.87. The van der Waals surface area contributed by atoms with Crippen LogP contribution in [0.15, 0.2) is 65.7 Å².